The van der Waals surface area contributed by atoms with Crippen molar-refractivity contribution in [1.29, 1.82) is 0 Å². The normalized spacial score (nSPS) is 15.0. The van der Waals surface area contributed by atoms with Crippen molar-refractivity contribution in [1.82, 2.24) is 0 Å². The van der Waals surface area contributed by atoms with Crippen LogP contribution < -0.4 is 0 Å². The third-order valence-electron chi connectivity index (χ3n) is 2.26. The van der Waals surface area contributed by atoms with E-state index in [2.05, 4.69) is 6.92 Å². The smallest absolute Gasteiger partial charge is 0.0780 e. The molecule has 0 aliphatic heterocycles. The standard InChI is InChI=1S/C12H26O4/c1-3-4-6-12(14)10-15-9-11(2)16-8-5-7-13/h11-14H,3-10H2,1-2H3. The van der Waals surface area contributed by atoms with E-state index in [1.165, 1.54) is 0 Å². The molecule has 0 aliphatic carbocycles. The zero-order valence-corrected chi connectivity index (χ0v) is 10.5. The third-order valence-corrected chi connectivity index (χ3v) is 2.26. The number of ether oxygens (including phenoxy) is 2. The molecule has 0 aromatic rings. The molecular weight excluding hydrogens is 208 g/mol. The Morgan fingerprint density at radius 2 is 1.94 bits per heavy atom. The number of rotatable bonds is 11. The molecule has 0 saturated heterocycles. The van der Waals surface area contributed by atoms with E-state index in [-0.39, 0.29) is 18.8 Å². The average molecular weight is 234 g/mol. The minimum absolute atomic E-state index is 0.0184. The molecule has 2 unspecified atom stereocenters. The first-order valence-corrected chi connectivity index (χ1v) is 6.19. The average Bonchev–Trinajstić information content (AvgIpc) is 2.26. The molecule has 0 rings (SSSR count). The van der Waals surface area contributed by atoms with Crippen molar-refractivity contribution in [2.24, 2.45) is 0 Å². The third kappa shape index (κ3) is 10.4. The number of unbranched alkanes of at least 4 members (excludes halogenated alkanes) is 1. The topological polar surface area (TPSA) is 58.9 Å². The van der Waals surface area contributed by atoms with E-state index in [0.29, 0.717) is 26.2 Å². The summed E-state index contributed by atoms with van der Waals surface area (Å²) < 4.78 is 10.7. The number of hydrogen-bond acceptors (Lipinski definition) is 4. The van der Waals surface area contributed by atoms with E-state index < -0.39 is 0 Å². The molecule has 98 valence electrons. The number of aliphatic hydroxyl groups is 2. The molecule has 0 aliphatic rings. The van der Waals surface area contributed by atoms with Gasteiger partial charge in [-0.15, -0.1) is 0 Å². The highest BCUT2D eigenvalue weighted by Crippen LogP contribution is 2.01. The van der Waals surface area contributed by atoms with Crippen LogP contribution in [-0.4, -0.2) is 48.8 Å². The van der Waals surface area contributed by atoms with Gasteiger partial charge in [0.15, 0.2) is 0 Å². The van der Waals surface area contributed by atoms with Gasteiger partial charge in [0.05, 0.1) is 25.4 Å². The van der Waals surface area contributed by atoms with Gasteiger partial charge in [-0.05, 0) is 19.8 Å². The predicted octanol–water partition coefficient (Wildman–Crippen LogP) is 1.34. The molecule has 2 N–H and O–H groups in total. The van der Waals surface area contributed by atoms with Crippen LogP contribution in [0.15, 0.2) is 0 Å². The first-order chi connectivity index (χ1) is 7.70. The lowest BCUT2D eigenvalue weighted by atomic mass is 10.2. The van der Waals surface area contributed by atoms with Gasteiger partial charge in [0.1, 0.15) is 0 Å². The molecule has 4 nitrogen and oxygen atoms in total. The van der Waals surface area contributed by atoms with Gasteiger partial charge in [-0.2, -0.15) is 0 Å². The second kappa shape index (κ2) is 11.3. The van der Waals surface area contributed by atoms with Crippen molar-refractivity contribution in [2.75, 3.05) is 26.4 Å². The molecule has 0 spiro atoms. The first-order valence-electron chi connectivity index (χ1n) is 6.19. The molecule has 0 fully saturated rings. The van der Waals surface area contributed by atoms with Gasteiger partial charge in [-0.1, -0.05) is 19.8 Å². The molecule has 0 aromatic carbocycles. The van der Waals surface area contributed by atoms with Crippen molar-refractivity contribution in [3.8, 4) is 0 Å². The Balaban J connectivity index is 3.28. The molecule has 0 bridgehead atoms. The summed E-state index contributed by atoms with van der Waals surface area (Å²) in [4.78, 5) is 0. The number of aliphatic hydroxyl groups excluding tert-OH is 2. The first kappa shape index (κ1) is 15.8. The predicted molar refractivity (Wildman–Crippen MR) is 63.5 cm³/mol. The van der Waals surface area contributed by atoms with Crippen LogP contribution in [0.2, 0.25) is 0 Å². The summed E-state index contributed by atoms with van der Waals surface area (Å²) in [5.74, 6) is 0. The van der Waals surface area contributed by atoms with Gasteiger partial charge in [-0.25, -0.2) is 0 Å². The van der Waals surface area contributed by atoms with Gasteiger partial charge >= 0.3 is 0 Å². The fourth-order valence-electron chi connectivity index (χ4n) is 1.29. The molecule has 4 heteroatoms. The van der Waals surface area contributed by atoms with Gasteiger partial charge in [0, 0.05) is 13.2 Å². The highest BCUT2D eigenvalue weighted by atomic mass is 16.5. The Kier molecular flexibility index (Phi) is 11.2. The van der Waals surface area contributed by atoms with Crippen molar-refractivity contribution < 1.29 is 19.7 Å². The highest BCUT2D eigenvalue weighted by molar-refractivity contribution is 4.55. The maximum absolute atomic E-state index is 9.51. The lowest BCUT2D eigenvalue weighted by molar-refractivity contribution is -0.0354. The summed E-state index contributed by atoms with van der Waals surface area (Å²) in [5, 5.41) is 18.1. The van der Waals surface area contributed by atoms with Crippen LogP contribution in [0.3, 0.4) is 0 Å². The van der Waals surface area contributed by atoms with Gasteiger partial charge in [-0.3, -0.25) is 0 Å². The van der Waals surface area contributed by atoms with E-state index in [9.17, 15) is 5.11 Å². The van der Waals surface area contributed by atoms with Crippen molar-refractivity contribution in [3.63, 3.8) is 0 Å². The summed E-state index contributed by atoms with van der Waals surface area (Å²) in [6.07, 6.45) is 3.25. The van der Waals surface area contributed by atoms with Gasteiger partial charge in [0.25, 0.3) is 0 Å². The Bertz CT molecular complexity index is 141. The van der Waals surface area contributed by atoms with E-state index in [1.807, 2.05) is 6.92 Å². The fraction of sp³-hybridized carbons (Fsp3) is 1.00. The summed E-state index contributed by atoms with van der Waals surface area (Å²) >= 11 is 0. The van der Waals surface area contributed by atoms with Crippen molar-refractivity contribution in [2.45, 2.75) is 51.7 Å². The van der Waals surface area contributed by atoms with Crippen LogP contribution in [-0.2, 0) is 9.47 Å². The molecule has 0 heterocycles. The Labute approximate surface area is 98.6 Å². The van der Waals surface area contributed by atoms with Crippen LogP contribution in [0.25, 0.3) is 0 Å². The highest BCUT2D eigenvalue weighted by Gasteiger charge is 2.06. The molecule has 16 heavy (non-hydrogen) atoms. The molecule has 0 aromatic heterocycles. The summed E-state index contributed by atoms with van der Waals surface area (Å²) in [7, 11) is 0. The Morgan fingerprint density at radius 1 is 1.19 bits per heavy atom. The Hall–Kier alpha value is -0.160. The zero-order chi connectivity index (χ0) is 12.2. The number of hydrogen-bond donors (Lipinski definition) is 2. The van der Waals surface area contributed by atoms with E-state index in [1.54, 1.807) is 0 Å². The second-order valence-electron chi connectivity index (χ2n) is 4.09. The maximum Gasteiger partial charge on any atom is 0.0780 e. The van der Waals surface area contributed by atoms with Crippen molar-refractivity contribution >= 4 is 0 Å². The maximum atomic E-state index is 9.51. The molecule has 0 radical (unpaired) electrons. The summed E-state index contributed by atoms with van der Waals surface area (Å²) in [6, 6.07) is 0. The van der Waals surface area contributed by atoms with E-state index >= 15 is 0 Å². The zero-order valence-electron chi connectivity index (χ0n) is 10.5. The quantitative estimate of drug-likeness (QED) is 0.530. The lowest BCUT2D eigenvalue weighted by Crippen LogP contribution is -2.22. The summed E-state index contributed by atoms with van der Waals surface area (Å²) in [6.45, 7) is 5.62. The van der Waals surface area contributed by atoms with E-state index in [0.717, 1.165) is 19.3 Å². The summed E-state index contributed by atoms with van der Waals surface area (Å²) in [5.41, 5.74) is 0. The largest absolute Gasteiger partial charge is 0.396 e. The minimum atomic E-state index is -0.357. The van der Waals surface area contributed by atoms with Crippen molar-refractivity contribution in [3.05, 3.63) is 0 Å². The minimum Gasteiger partial charge on any atom is -0.396 e. The fourth-order valence-corrected chi connectivity index (χ4v) is 1.29. The monoisotopic (exact) mass is 234 g/mol. The molecule has 2 atom stereocenters. The Morgan fingerprint density at radius 3 is 2.56 bits per heavy atom. The molecule has 0 amide bonds. The molecule has 0 saturated carbocycles. The van der Waals surface area contributed by atoms with E-state index in [4.69, 9.17) is 14.6 Å². The molecular formula is C12H26O4. The van der Waals surface area contributed by atoms with Crippen LogP contribution >= 0.6 is 0 Å². The van der Waals surface area contributed by atoms with Gasteiger partial charge < -0.3 is 19.7 Å². The van der Waals surface area contributed by atoms with Crippen LogP contribution in [0, 0.1) is 0 Å². The van der Waals surface area contributed by atoms with Gasteiger partial charge in [0.2, 0.25) is 0 Å². The second-order valence-corrected chi connectivity index (χ2v) is 4.09. The SMILES string of the molecule is CCCCC(O)COCC(C)OCCCO. The van der Waals surface area contributed by atoms with Crippen LogP contribution in [0.1, 0.15) is 39.5 Å². The van der Waals surface area contributed by atoms with Crippen LogP contribution in [0.5, 0.6) is 0 Å². The lowest BCUT2D eigenvalue weighted by Gasteiger charge is -2.15. The van der Waals surface area contributed by atoms with Crippen LogP contribution in [0.4, 0.5) is 0 Å².